The van der Waals surface area contributed by atoms with Gasteiger partial charge in [-0.05, 0) is 133 Å². The molecule has 0 amide bonds. The van der Waals surface area contributed by atoms with Crippen molar-refractivity contribution in [2.75, 3.05) is 9.80 Å². The summed E-state index contributed by atoms with van der Waals surface area (Å²) >= 11 is 0. The highest BCUT2D eigenvalue weighted by Crippen LogP contribution is 2.41. The Kier molecular flexibility index (Phi) is 8.55. The number of rotatable bonds is 8. The molecule has 0 N–H and O–H groups in total. The monoisotopic (exact) mass is 714 g/mol. The summed E-state index contributed by atoms with van der Waals surface area (Å²) in [5.41, 5.74) is 11.3. The molecule has 0 heterocycles. The Morgan fingerprint density at radius 1 is 0.196 bits per heavy atom. The van der Waals surface area contributed by atoms with Crippen LogP contribution < -0.4 is 9.80 Å². The Bertz CT molecular complexity index is 2930. The third kappa shape index (κ3) is 6.24. The Morgan fingerprint density at radius 2 is 0.554 bits per heavy atom. The molecule has 264 valence electrons. The van der Waals surface area contributed by atoms with Gasteiger partial charge >= 0.3 is 0 Å². The van der Waals surface area contributed by atoms with Gasteiger partial charge in [0.1, 0.15) is 0 Å². The average Bonchev–Trinajstić information content (AvgIpc) is 3.28. The van der Waals surface area contributed by atoms with Crippen LogP contribution in [0.1, 0.15) is 0 Å². The SMILES string of the molecule is c1ccc(N(c2ccccc2)c2cccc(-c3cccc(N(c4ccccc4)c4cccc(-c5ccc6ccc7c8ccccc8ccc7c6c5)c4)c3)c2)cc1. The molecule has 0 radical (unpaired) electrons. The van der Waals surface area contributed by atoms with E-state index in [2.05, 4.69) is 240 Å². The maximum atomic E-state index is 2.36. The zero-order chi connectivity index (χ0) is 37.3. The van der Waals surface area contributed by atoms with Crippen LogP contribution in [0.5, 0.6) is 0 Å². The van der Waals surface area contributed by atoms with E-state index in [1.54, 1.807) is 0 Å². The molecule has 56 heavy (non-hydrogen) atoms. The van der Waals surface area contributed by atoms with Crippen LogP contribution in [-0.4, -0.2) is 0 Å². The zero-order valence-electron chi connectivity index (χ0n) is 30.8. The summed E-state index contributed by atoms with van der Waals surface area (Å²) in [5, 5.41) is 7.63. The number of hydrogen-bond acceptors (Lipinski definition) is 2. The molecule has 0 aliphatic rings. The van der Waals surface area contributed by atoms with Crippen molar-refractivity contribution in [1.82, 2.24) is 0 Å². The van der Waals surface area contributed by atoms with E-state index in [1.807, 2.05) is 0 Å². The summed E-state index contributed by atoms with van der Waals surface area (Å²) in [7, 11) is 0. The highest BCUT2D eigenvalue weighted by atomic mass is 15.1. The van der Waals surface area contributed by atoms with Crippen LogP contribution in [-0.2, 0) is 0 Å². The van der Waals surface area contributed by atoms with Gasteiger partial charge in [0.2, 0.25) is 0 Å². The summed E-state index contributed by atoms with van der Waals surface area (Å²) in [6.45, 7) is 0. The topological polar surface area (TPSA) is 6.48 Å². The fraction of sp³-hybridized carbons (Fsp3) is 0. The smallest absolute Gasteiger partial charge is 0.0467 e. The van der Waals surface area contributed by atoms with Gasteiger partial charge in [-0.25, -0.2) is 0 Å². The molecule has 0 bridgehead atoms. The number of hydrogen-bond donors (Lipinski definition) is 0. The van der Waals surface area contributed by atoms with Crippen molar-refractivity contribution in [3.8, 4) is 22.3 Å². The van der Waals surface area contributed by atoms with Crippen LogP contribution in [0.2, 0.25) is 0 Å². The van der Waals surface area contributed by atoms with Gasteiger partial charge in [0, 0.05) is 34.1 Å². The second-order valence-electron chi connectivity index (χ2n) is 14.2. The third-order valence-corrected chi connectivity index (χ3v) is 10.8. The molecule has 0 aliphatic carbocycles. The lowest BCUT2D eigenvalue weighted by Crippen LogP contribution is -2.10. The van der Waals surface area contributed by atoms with E-state index in [0.717, 1.165) is 45.3 Å². The van der Waals surface area contributed by atoms with E-state index in [-0.39, 0.29) is 0 Å². The van der Waals surface area contributed by atoms with E-state index >= 15 is 0 Å². The molecule has 0 spiro atoms. The summed E-state index contributed by atoms with van der Waals surface area (Å²) < 4.78 is 0. The number of benzene rings is 10. The van der Waals surface area contributed by atoms with Gasteiger partial charge in [-0.3, -0.25) is 0 Å². The molecule has 10 aromatic rings. The molecule has 2 heteroatoms. The standard InChI is InChI=1S/C54H38N2/c1-4-19-45(20-5-1)55(46-21-6-2-7-22-46)48-25-12-16-41(35-48)42-17-13-26-49(36-42)56(47-23-8-3-9-24-47)50-27-14-18-43(37-50)44-30-29-40-32-33-52-51-28-11-10-15-39(51)31-34-53(52)54(40)38-44/h1-38H. The van der Waals surface area contributed by atoms with Gasteiger partial charge in [-0.1, -0.05) is 152 Å². The first kappa shape index (κ1) is 33.2. The first-order valence-electron chi connectivity index (χ1n) is 19.2. The molecular formula is C54H38N2. The molecule has 0 aromatic heterocycles. The van der Waals surface area contributed by atoms with Crippen molar-refractivity contribution in [2.24, 2.45) is 0 Å². The molecule has 0 unspecified atom stereocenters. The molecule has 2 nitrogen and oxygen atoms in total. The molecule has 0 aliphatic heterocycles. The van der Waals surface area contributed by atoms with Gasteiger partial charge < -0.3 is 9.80 Å². The normalized spacial score (nSPS) is 11.2. The average molecular weight is 715 g/mol. The number of anilines is 6. The first-order chi connectivity index (χ1) is 27.8. The summed E-state index contributed by atoms with van der Waals surface area (Å²) in [6, 6.07) is 83.1. The number of fused-ring (bicyclic) bond motifs is 5. The van der Waals surface area contributed by atoms with Crippen LogP contribution in [0.25, 0.3) is 54.6 Å². The number of nitrogens with zero attached hydrogens (tertiary/aromatic N) is 2. The highest BCUT2D eigenvalue weighted by molar-refractivity contribution is 6.17. The molecule has 0 saturated heterocycles. The maximum absolute atomic E-state index is 2.36. The second-order valence-corrected chi connectivity index (χ2v) is 14.2. The molecule has 0 atom stereocenters. The van der Waals surface area contributed by atoms with Crippen molar-refractivity contribution in [2.45, 2.75) is 0 Å². The van der Waals surface area contributed by atoms with Crippen LogP contribution >= 0.6 is 0 Å². The third-order valence-electron chi connectivity index (χ3n) is 10.8. The number of para-hydroxylation sites is 3. The lowest BCUT2D eigenvalue weighted by Gasteiger charge is -2.27. The summed E-state index contributed by atoms with van der Waals surface area (Å²) in [5.74, 6) is 0. The molecule has 0 saturated carbocycles. The fourth-order valence-electron chi connectivity index (χ4n) is 8.10. The van der Waals surface area contributed by atoms with Crippen LogP contribution in [0.4, 0.5) is 34.1 Å². The van der Waals surface area contributed by atoms with Crippen molar-refractivity contribution in [3.05, 3.63) is 231 Å². The summed E-state index contributed by atoms with van der Waals surface area (Å²) in [6.07, 6.45) is 0. The molecular weight excluding hydrogens is 677 g/mol. The maximum Gasteiger partial charge on any atom is 0.0467 e. The predicted octanol–water partition coefficient (Wildman–Crippen LogP) is 15.4. The summed E-state index contributed by atoms with van der Waals surface area (Å²) in [4.78, 5) is 4.67. The Balaban J connectivity index is 1.05. The predicted molar refractivity (Wildman–Crippen MR) is 239 cm³/mol. The van der Waals surface area contributed by atoms with Gasteiger partial charge in [-0.15, -0.1) is 0 Å². The Morgan fingerprint density at radius 3 is 1.05 bits per heavy atom. The minimum Gasteiger partial charge on any atom is -0.310 e. The van der Waals surface area contributed by atoms with Crippen LogP contribution in [0.15, 0.2) is 231 Å². The van der Waals surface area contributed by atoms with Crippen molar-refractivity contribution >= 4 is 66.4 Å². The van der Waals surface area contributed by atoms with Crippen LogP contribution in [0.3, 0.4) is 0 Å². The quantitative estimate of drug-likeness (QED) is 0.145. The van der Waals surface area contributed by atoms with Crippen molar-refractivity contribution < 1.29 is 0 Å². The van der Waals surface area contributed by atoms with Gasteiger partial charge in [-0.2, -0.15) is 0 Å². The minimum absolute atomic E-state index is 1.09. The first-order valence-corrected chi connectivity index (χ1v) is 19.2. The van der Waals surface area contributed by atoms with E-state index in [0.29, 0.717) is 0 Å². The Labute approximate surface area is 327 Å². The molecule has 10 aromatic carbocycles. The van der Waals surface area contributed by atoms with E-state index in [1.165, 1.54) is 43.4 Å². The Hall–Kier alpha value is -7.42. The van der Waals surface area contributed by atoms with Crippen molar-refractivity contribution in [3.63, 3.8) is 0 Å². The van der Waals surface area contributed by atoms with Gasteiger partial charge in [0.25, 0.3) is 0 Å². The van der Waals surface area contributed by atoms with E-state index in [9.17, 15) is 0 Å². The second kappa shape index (κ2) is 14.4. The van der Waals surface area contributed by atoms with Crippen molar-refractivity contribution in [1.29, 1.82) is 0 Å². The lowest BCUT2D eigenvalue weighted by molar-refractivity contribution is 1.28. The lowest BCUT2D eigenvalue weighted by atomic mass is 9.94. The fourth-order valence-corrected chi connectivity index (χ4v) is 8.10. The zero-order valence-corrected chi connectivity index (χ0v) is 30.8. The van der Waals surface area contributed by atoms with E-state index in [4.69, 9.17) is 0 Å². The molecule has 0 fully saturated rings. The van der Waals surface area contributed by atoms with Gasteiger partial charge in [0.15, 0.2) is 0 Å². The molecule has 10 rings (SSSR count). The van der Waals surface area contributed by atoms with Gasteiger partial charge in [0.05, 0.1) is 0 Å². The largest absolute Gasteiger partial charge is 0.310 e. The van der Waals surface area contributed by atoms with Crippen LogP contribution in [0, 0.1) is 0 Å². The highest BCUT2D eigenvalue weighted by Gasteiger charge is 2.17. The minimum atomic E-state index is 1.09. The van der Waals surface area contributed by atoms with E-state index < -0.39 is 0 Å².